The molecule has 0 aliphatic heterocycles. The summed E-state index contributed by atoms with van der Waals surface area (Å²) in [6, 6.07) is 0. The van der Waals surface area contributed by atoms with Crippen LogP contribution in [0.15, 0.2) is 12.7 Å². The Kier molecular flexibility index (Phi) is 8.09. The number of esters is 1. The van der Waals surface area contributed by atoms with E-state index in [1.54, 1.807) is 0 Å². The molecule has 0 rings (SSSR count). The minimum absolute atomic E-state index is 0.0938. The predicted octanol–water partition coefficient (Wildman–Crippen LogP) is 2.55. The highest BCUT2D eigenvalue weighted by Gasteiger charge is 2.25. The van der Waals surface area contributed by atoms with Crippen molar-refractivity contribution >= 4 is 14.2 Å². The highest BCUT2D eigenvalue weighted by molar-refractivity contribution is 7.33. The lowest BCUT2D eigenvalue weighted by Crippen LogP contribution is -2.07. The van der Waals surface area contributed by atoms with Crippen LogP contribution in [0.2, 0.25) is 0 Å². The van der Waals surface area contributed by atoms with Crippen LogP contribution >= 0.6 is 8.25 Å². The molecule has 0 radical (unpaired) electrons. The van der Waals surface area contributed by atoms with E-state index in [9.17, 15) is 9.36 Å². The zero-order valence-electron chi connectivity index (χ0n) is 8.97. The Labute approximate surface area is 90.3 Å². The third kappa shape index (κ3) is 7.19. The van der Waals surface area contributed by atoms with Crippen molar-refractivity contribution in [3.8, 4) is 0 Å². The number of ether oxygens (including phenoxy) is 1. The maximum absolute atomic E-state index is 11.1. The van der Waals surface area contributed by atoms with E-state index in [0.717, 1.165) is 18.9 Å². The topological polar surface area (TPSA) is 61.8 Å². The van der Waals surface area contributed by atoms with Gasteiger partial charge in [-0.25, -0.2) is 4.79 Å². The van der Waals surface area contributed by atoms with E-state index in [2.05, 4.69) is 15.8 Å². The van der Waals surface area contributed by atoms with E-state index in [1.807, 2.05) is 13.8 Å². The summed E-state index contributed by atoms with van der Waals surface area (Å²) < 4.78 is 25.3. The van der Waals surface area contributed by atoms with Crippen molar-refractivity contribution in [2.45, 2.75) is 32.8 Å². The largest absolute Gasteiger partial charge is 0.701 e. The Morgan fingerprint density at radius 1 is 1.47 bits per heavy atom. The highest BCUT2D eigenvalue weighted by Crippen LogP contribution is 2.27. The number of hydrogen-bond acceptors (Lipinski definition) is 5. The van der Waals surface area contributed by atoms with Gasteiger partial charge in [-0.05, 0) is 12.8 Å². The Morgan fingerprint density at radius 3 is 2.53 bits per heavy atom. The summed E-state index contributed by atoms with van der Waals surface area (Å²) in [5.41, 5.74) is 0. The lowest BCUT2D eigenvalue weighted by molar-refractivity contribution is -0.144. The third-order valence-electron chi connectivity index (χ3n) is 1.67. The van der Waals surface area contributed by atoms with Gasteiger partial charge in [-0.15, -0.1) is 4.52 Å². The highest BCUT2D eigenvalue weighted by atomic mass is 31.1. The summed E-state index contributed by atoms with van der Waals surface area (Å²) in [4.78, 5) is 10.6. The molecule has 0 heterocycles. The van der Waals surface area contributed by atoms with Crippen LogP contribution < -0.4 is 0 Å². The molecule has 0 aliphatic carbocycles. The molecular formula is C9H16O5P+. The molecule has 5 nitrogen and oxygen atoms in total. The van der Waals surface area contributed by atoms with Crippen molar-refractivity contribution in [3.05, 3.63) is 12.7 Å². The summed E-state index contributed by atoms with van der Waals surface area (Å²) in [5.74, 6) is -0.624. The third-order valence-corrected chi connectivity index (χ3v) is 2.46. The summed E-state index contributed by atoms with van der Waals surface area (Å²) in [7, 11) is -2.23. The molecule has 0 aromatic carbocycles. The Balaban J connectivity index is 3.65. The molecule has 6 heteroatoms. The van der Waals surface area contributed by atoms with Gasteiger partial charge in [-0.1, -0.05) is 25.0 Å². The summed E-state index contributed by atoms with van der Waals surface area (Å²) >= 11 is 0. The molecule has 1 atom stereocenters. The van der Waals surface area contributed by atoms with Crippen LogP contribution in [-0.4, -0.2) is 18.9 Å². The molecule has 0 aliphatic rings. The molecule has 0 spiro atoms. The number of hydrogen-bond donors (Lipinski definition) is 0. The van der Waals surface area contributed by atoms with Gasteiger partial charge in [-0.3, -0.25) is 0 Å². The van der Waals surface area contributed by atoms with E-state index in [1.165, 1.54) is 0 Å². The van der Waals surface area contributed by atoms with E-state index < -0.39 is 14.2 Å². The predicted molar refractivity (Wildman–Crippen MR) is 55.3 cm³/mol. The fraction of sp³-hybridized carbons (Fsp3) is 0.667. The summed E-state index contributed by atoms with van der Waals surface area (Å²) in [6.07, 6.45) is 2.42. The van der Waals surface area contributed by atoms with Gasteiger partial charge in [0.1, 0.15) is 6.10 Å². The van der Waals surface area contributed by atoms with Crippen molar-refractivity contribution < 1.29 is 23.1 Å². The first kappa shape index (κ1) is 14.2. The minimum Gasteiger partial charge on any atom is -0.430 e. The van der Waals surface area contributed by atoms with Crippen molar-refractivity contribution in [1.29, 1.82) is 0 Å². The van der Waals surface area contributed by atoms with Gasteiger partial charge in [-0.2, -0.15) is 0 Å². The van der Waals surface area contributed by atoms with E-state index >= 15 is 0 Å². The number of carbonyl (C=O) groups excluding carboxylic acids is 1. The van der Waals surface area contributed by atoms with Gasteiger partial charge in [0.15, 0.2) is 0 Å². The molecule has 15 heavy (non-hydrogen) atoms. The zero-order valence-corrected chi connectivity index (χ0v) is 9.87. The van der Waals surface area contributed by atoms with Crippen LogP contribution in [0, 0.1) is 0 Å². The molecule has 0 amide bonds. The molecule has 0 aromatic heterocycles. The maximum Gasteiger partial charge on any atom is 0.701 e. The fourth-order valence-corrected chi connectivity index (χ4v) is 1.52. The zero-order chi connectivity index (χ0) is 11.7. The molecule has 86 valence electrons. The van der Waals surface area contributed by atoms with Crippen molar-refractivity contribution in [1.82, 2.24) is 0 Å². The van der Waals surface area contributed by atoms with Gasteiger partial charge < -0.3 is 4.74 Å². The smallest absolute Gasteiger partial charge is 0.430 e. The molecule has 0 aromatic rings. The second-order valence-electron chi connectivity index (χ2n) is 2.68. The molecule has 1 unspecified atom stereocenters. The van der Waals surface area contributed by atoms with Crippen LogP contribution in [0.3, 0.4) is 0 Å². The molecule has 0 N–H and O–H groups in total. The van der Waals surface area contributed by atoms with Gasteiger partial charge in [0.2, 0.25) is 6.79 Å². The van der Waals surface area contributed by atoms with Gasteiger partial charge in [0.05, 0.1) is 0 Å². The van der Waals surface area contributed by atoms with E-state index in [0.29, 0.717) is 0 Å². The van der Waals surface area contributed by atoms with Crippen LogP contribution in [0.4, 0.5) is 0 Å². The van der Waals surface area contributed by atoms with Crippen LogP contribution in [-0.2, 0) is 23.1 Å². The Morgan fingerprint density at radius 2 is 2.07 bits per heavy atom. The molecule has 0 fully saturated rings. The molecule has 0 saturated carbocycles. The van der Waals surface area contributed by atoms with E-state index in [4.69, 9.17) is 4.52 Å². The fourth-order valence-electron chi connectivity index (χ4n) is 0.776. The number of rotatable bonds is 8. The molecule has 0 bridgehead atoms. The average molecular weight is 235 g/mol. The average Bonchev–Trinajstić information content (AvgIpc) is 2.25. The van der Waals surface area contributed by atoms with Gasteiger partial charge >= 0.3 is 14.2 Å². The van der Waals surface area contributed by atoms with Gasteiger partial charge in [0.25, 0.3) is 0 Å². The number of carbonyl (C=O) groups is 1. The Hall–Kier alpha value is -0.770. The Bertz CT molecular complexity index is 225. The van der Waals surface area contributed by atoms with Crippen molar-refractivity contribution in [2.75, 3.05) is 6.79 Å². The second kappa shape index (κ2) is 8.53. The van der Waals surface area contributed by atoms with Crippen LogP contribution in [0.5, 0.6) is 0 Å². The van der Waals surface area contributed by atoms with Crippen LogP contribution in [0.25, 0.3) is 0 Å². The minimum atomic E-state index is -2.23. The van der Waals surface area contributed by atoms with Gasteiger partial charge in [0, 0.05) is 10.6 Å². The van der Waals surface area contributed by atoms with Crippen LogP contribution in [0.1, 0.15) is 26.7 Å². The summed E-state index contributed by atoms with van der Waals surface area (Å²) in [6.45, 7) is 6.66. The molecular weight excluding hydrogens is 219 g/mol. The standard InChI is InChI=1S/C9H16O5P/c1-4-8(5-2)14-15(11)13-7-12-9(10)6-3/h6,8H,3-5,7H2,1-2H3/q+1. The first-order valence-corrected chi connectivity index (χ1v) is 5.79. The monoisotopic (exact) mass is 235 g/mol. The van der Waals surface area contributed by atoms with Crippen molar-refractivity contribution in [3.63, 3.8) is 0 Å². The quantitative estimate of drug-likeness (QED) is 0.280. The lowest BCUT2D eigenvalue weighted by atomic mass is 10.2. The van der Waals surface area contributed by atoms with E-state index in [-0.39, 0.29) is 12.9 Å². The maximum atomic E-state index is 11.1. The normalized spacial score (nSPS) is 11.3. The first-order chi connectivity index (χ1) is 7.13. The lowest BCUT2D eigenvalue weighted by Gasteiger charge is -2.02. The van der Waals surface area contributed by atoms with Crippen molar-refractivity contribution in [2.24, 2.45) is 0 Å². The second-order valence-corrected chi connectivity index (χ2v) is 3.60. The molecule has 0 saturated heterocycles. The SMILES string of the molecule is C=CC(=O)OCO[P+](=O)OC(CC)CC. The summed E-state index contributed by atoms with van der Waals surface area (Å²) in [5, 5.41) is 0. The first-order valence-electron chi connectivity index (χ1n) is 4.70.